The molecule has 0 N–H and O–H groups in total. The van der Waals surface area contributed by atoms with Crippen LogP contribution in [-0.4, -0.2) is 48.6 Å². The van der Waals surface area contributed by atoms with E-state index in [-0.39, 0.29) is 5.91 Å². The van der Waals surface area contributed by atoms with Crippen LogP contribution in [0.3, 0.4) is 0 Å². The molecule has 0 bridgehead atoms. The van der Waals surface area contributed by atoms with E-state index in [2.05, 4.69) is 9.88 Å². The third-order valence-electron chi connectivity index (χ3n) is 3.87. The third kappa shape index (κ3) is 4.45. The van der Waals surface area contributed by atoms with Crippen molar-refractivity contribution >= 4 is 22.4 Å². The average molecular weight is 331 g/mol. The molecule has 1 aromatic carbocycles. The van der Waals surface area contributed by atoms with Crippen LogP contribution in [0.15, 0.2) is 41.9 Å². The lowest BCUT2D eigenvalue weighted by Crippen LogP contribution is -2.48. The molecule has 0 atom stereocenters. The predicted molar refractivity (Wildman–Crippen MR) is 92.1 cm³/mol. The van der Waals surface area contributed by atoms with Crippen molar-refractivity contribution in [3.8, 4) is 5.75 Å². The summed E-state index contributed by atoms with van der Waals surface area (Å²) in [4.78, 5) is 20.8. The first-order chi connectivity index (χ1) is 11.3. The summed E-state index contributed by atoms with van der Waals surface area (Å²) in [5.74, 6) is 1.08. The van der Waals surface area contributed by atoms with Gasteiger partial charge in [0.25, 0.3) is 0 Å². The van der Waals surface area contributed by atoms with Crippen LogP contribution in [-0.2, 0) is 4.79 Å². The summed E-state index contributed by atoms with van der Waals surface area (Å²) in [6, 6.07) is 9.71. The van der Waals surface area contributed by atoms with Crippen molar-refractivity contribution in [1.82, 2.24) is 9.88 Å². The number of hydrogen-bond donors (Lipinski definition) is 0. The molecule has 1 amide bonds. The summed E-state index contributed by atoms with van der Waals surface area (Å²) >= 11 is 1.65. The number of ether oxygens (including phenoxy) is 1. The molecule has 0 aliphatic carbocycles. The van der Waals surface area contributed by atoms with Crippen LogP contribution in [0.2, 0.25) is 0 Å². The fraction of sp³-hybridized carbons (Fsp3) is 0.412. The molecule has 3 rings (SSSR count). The van der Waals surface area contributed by atoms with E-state index in [0.29, 0.717) is 13.0 Å². The lowest BCUT2D eigenvalue weighted by molar-refractivity contribution is -0.131. The summed E-state index contributed by atoms with van der Waals surface area (Å²) < 4.78 is 5.62. The number of anilines is 1. The van der Waals surface area contributed by atoms with E-state index in [1.165, 1.54) is 0 Å². The largest absolute Gasteiger partial charge is 0.494 e. The second-order valence-corrected chi connectivity index (χ2v) is 6.32. The molecule has 0 saturated carbocycles. The van der Waals surface area contributed by atoms with Gasteiger partial charge in [-0.2, -0.15) is 0 Å². The zero-order valence-electron chi connectivity index (χ0n) is 13.1. The standard InChI is InChI=1S/C17H21N3O2S/c21-16(7-4-13-22-15-5-2-1-3-6-15)19-9-11-20(12-10-19)17-18-8-14-23-17/h1-3,5-6,8,14H,4,7,9-13H2. The summed E-state index contributed by atoms with van der Waals surface area (Å²) in [7, 11) is 0. The minimum absolute atomic E-state index is 0.223. The summed E-state index contributed by atoms with van der Waals surface area (Å²) in [5.41, 5.74) is 0. The number of hydrogen-bond acceptors (Lipinski definition) is 5. The zero-order chi connectivity index (χ0) is 15.9. The van der Waals surface area contributed by atoms with Crippen molar-refractivity contribution in [2.24, 2.45) is 0 Å². The van der Waals surface area contributed by atoms with Gasteiger partial charge in [0.1, 0.15) is 5.75 Å². The lowest BCUT2D eigenvalue weighted by Gasteiger charge is -2.34. The number of benzene rings is 1. The quantitative estimate of drug-likeness (QED) is 0.764. The minimum Gasteiger partial charge on any atom is -0.494 e. The number of nitrogens with zero attached hydrogens (tertiary/aromatic N) is 3. The molecule has 1 fully saturated rings. The molecule has 1 aliphatic rings. The number of para-hydroxylation sites is 1. The molecule has 0 spiro atoms. The van der Waals surface area contributed by atoms with Crippen LogP contribution in [0.25, 0.3) is 0 Å². The van der Waals surface area contributed by atoms with Gasteiger partial charge in [0.05, 0.1) is 6.61 Å². The van der Waals surface area contributed by atoms with Crippen molar-refractivity contribution in [3.05, 3.63) is 41.9 Å². The maximum absolute atomic E-state index is 12.2. The monoisotopic (exact) mass is 331 g/mol. The van der Waals surface area contributed by atoms with Gasteiger partial charge >= 0.3 is 0 Å². The molecule has 2 aromatic rings. The van der Waals surface area contributed by atoms with Crippen molar-refractivity contribution < 1.29 is 9.53 Å². The van der Waals surface area contributed by atoms with Crippen LogP contribution < -0.4 is 9.64 Å². The zero-order valence-corrected chi connectivity index (χ0v) is 13.9. The Bertz CT molecular complexity index is 596. The molecule has 122 valence electrons. The van der Waals surface area contributed by atoms with Gasteiger partial charge in [-0.3, -0.25) is 4.79 Å². The molecule has 2 heterocycles. The highest BCUT2D eigenvalue weighted by atomic mass is 32.1. The van der Waals surface area contributed by atoms with E-state index >= 15 is 0 Å². The maximum atomic E-state index is 12.2. The van der Waals surface area contributed by atoms with Crippen molar-refractivity contribution in [2.75, 3.05) is 37.7 Å². The number of piperazine rings is 1. The number of thiazole rings is 1. The Hall–Kier alpha value is -2.08. The van der Waals surface area contributed by atoms with Gasteiger partial charge in [0.2, 0.25) is 5.91 Å². The molecule has 1 saturated heterocycles. The van der Waals surface area contributed by atoms with Gasteiger partial charge in [-0.1, -0.05) is 18.2 Å². The second kappa shape index (κ2) is 7.97. The predicted octanol–water partition coefficient (Wildman–Crippen LogP) is 2.65. The number of carbonyl (C=O) groups excluding carboxylic acids is 1. The van der Waals surface area contributed by atoms with Crippen molar-refractivity contribution in [3.63, 3.8) is 0 Å². The Morgan fingerprint density at radius 1 is 1.17 bits per heavy atom. The molecule has 0 unspecified atom stereocenters. The van der Waals surface area contributed by atoms with Crippen molar-refractivity contribution in [2.45, 2.75) is 12.8 Å². The molecule has 5 nitrogen and oxygen atoms in total. The Labute approximate surface area is 140 Å². The van der Waals surface area contributed by atoms with Crippen LogP contribution >= 0.6 is 11.3 Å². The average Bonchev–Trinajstić information content (AvgIpc) is 3.14. The number of aromatic nitrogens is 1. The van der Waals surface area contributed by atoms with E-state index in [0.717, 1.165) is 43.5 Å². The van der Waals surface area contributed by atoms with Gasteiger partial charge < -0.3 is 14.5 Å². The van der Waals surface area contributed by atoms with Gasteiger partial charge in [0, 0.05) is 44.2 Å². The number of carbonyl (C=O) groups is 1. The van der Waals surface area contributed by atoms with E-state index in [1.54, 1.807) is 11.3 Å². The van der Waals surface area contributed by atoms with E-state index in [1.807, 2.05) is 46.8 Å². The van der Waals surface area contributed by atoms with Crippen LogP contribution in [0.5, 0.6) is 5.75 Å². The Balaban J connectivity index is 1.35. The Morgan fingerprint density at radius 2 is 1.96 bits per heavy atom. The first-order valence-electron chi connectivity index (χ1n) is 7.93. The molecule has 1 aliphatic heterocycles. The minimum atomic E-state index is 0.223. The normalized spacial score (nSPS) is 14.8. The van der Waals surface area contributed by atoms with Crippen LogP contribution in [0.4, 0.5) is 5.13 Å². The topological polar surface area (TPSA) is 45.7 Å². The van der Waals surface area contributed by atoms with Crippen LogP contribution in [0.1, 0.15) is 12.8 Å². The SMILES string of the molecule is O=C(CCCOc1ccccc1)N1CCN(c2nccs2)CC1. The third-order valence-corrected chi connectivity index (χ3v) is 4.70. The van der Waals surface area contributed by atoms with Gasteiger partial charge in [0.15, 0.2) is 5.13 Å². The summed E-state index contributed by atoms with van der Waals surface area (Å²) in [5, 5.41) is 3.04. The van der Waals surface area contributed by atoms with E-state index in [9.17, 15) is 4.79 Å². The Morgan fingerprint density at radius 3 is 2.65 bits per heavy atom. The molecule has 1 aromatic heterocycles. The lowest BCUT2D eigenvalue weighted by atomic mass is 10.2. The van der Waals surface area contributed by atoms with E-state index in [4.69, 9.17) is 4.74 Å². The fourth-order valence-corrected chi connectivity index (χ4v) is 3.30. The highest BCUT2D eigenvalue weighted by Crippen LogP contribution is 2.19. The van der Waals surface area contributed by atoms with Gasteiger partial charge in [-0.05, 0) is 18.6 Å². The second-order valence-electron chi connectivity index (χ2n) is 5.45. The highest BCUT2D eigenvalue weighted by molar-refractivity contribution is 7.13. The first-order valence-corrected chi connectivity index (χ1v) is 8.81. The molecule has 6 heteroatoms. The first kappa shape index (κ1) is 15.8. The van der Waals surface area contributed by atoms with E-state index < -0.39 is 0 Å². The number of amides is 1. The molecular weight excluding hydrogens is 310 g/mol. The van der Waals surface area contributed by atoms with Gasteiger partial charge in [-0.25, -0.2) is 4.98 Å². The molecule has 0 radical (unpaired) electrons. The smallest absolute Gasteiger partial charge is 0.222 e. The fourth-order valence-electron chi connectivity index (χ4n) is 2.61. The highest BCUT2D eigenvalue weighted by Gasteiger charge is 2.21. The Kier molecular flexibility index (Phi) is 5.47. The maximum Gasteiger partial charge on any atom is 0.222 e. The molecular formula is C17H21N3O2S. The summed E-state index contributed by atoms with van der Waals surface area (Å²) in [6.07, 6.45) is 3.12. The van der Waals surface area contributed by atoms with Gasteiger partial charge in [-0.15, -0.1) is 11.3 Å². The summed E-state index contributed by atoms with van der Waals surface area (Å²) in [6.45, 7) is 3.85. The molecule has 23 heavy (non-hydrogen) atoms. The van der Waals surface area contributed by atoms with Crippen LogP contribution in [0, 0.1) is 0 Å². The number of rotatable bonds is 6. The van der Waals surface area contributed by atoms with Crippen molar-refractivity contribution in [1.29, 1.82) is 0 Å².